The SMILES string of the molecule is c1ccc(C2(c3ccccc3)c3ccccc3-c3cc4c(cc32)c2cc(-c3ccc5c(c3)c3ccccc3n5-c3cccc5ccccc35)ccc2n4-c2cccc3ccccc23)cc1. The van der Waals surface area contributed by atoms with E-state index in [-0.39, 0.29) is 0 Å². The van der Waals surface area contributed by atoms with Crippen LogP contribution in [0.1, 0.15) is 22.3 Å². The summed E-state index contributed by atoms with van der Waals surface area (Å²) in [7, 11) is 0. The van der Waals surface area contributed by atoms with Crippen LogP contribution in [0.5, 0.6) is 0 Å². The molecule has 0 spiro atoms. The Balaban J connectivity index is 1.06. The van der Waals surface area contributed by atoms with Crippen LogP contribution in [0.3, 0.4) is 0 Å². The van der Waals surface area contributed by atoms with Crippen molar-refractivity contribution in [3.8, 4) is 33.6 Å². The monoisotopic (exact) mass is 824 g/mol. The molecule has 0 bridgehead atoms. The van der Waals surface area contributed by atoms with E-state index in [9.17, 15) is 0 Å². The standard InChI is InChI=1S/C63H40N2/c1-3-21-45(22-4-1)63(46-23-5-2-6-24-46)55-29-13-11-27-49(55)51-40-62-54(39-56(51)63)53-38-44(34-36-61(53)65(62)58-32-16-20-42-18-8-10-26-48(42)58)43-33-35-60-52(37-43)50-28-12-14-30-59(50)64(60)57-31-15-19-41-17-7-9-25-47(41)57/h1-40H. The van der Waals surface area contributed by atoms with E-state index >= 15 is 0 Å². The second-order valence-electron chi connectivity index (χ2n) is 17.6. The van der Waals surface area contributed by atoms with Gasteiger partial charge in [0.25, 0.3) is 0 Å². The van der Waals surface area contributed by atoms with Gasteiger partial charge in [-0.05, 0) is 110 Å². The van der Waals surface area contributed by atoms with Crippen molar-refractivity contribution in [1.82, 2.24) is 9.13 Å². The molecule has 14 rings (SSSR count). The first kappa shape index (κ1) is 36.1. The first-order chi connectivity index (χ1) is 32.3. The summed E-state index contributed by atoms with van der Waals surface area (Å²) in [6.07, 6.45) is 0. The van der Waals surface area contributed by atoms with Crippen molar-refractivity contribution in [2.75, 3.05) is 0 Å². The predicted molar refractivity (Wildman–Crippen MR) is 273 cm³/mol. The lowest BCUT2D eigenvalue weighted by atomic mass is 9.67. The number of nitrogens with zero attached hydrogens (tertiary/aromatic N) is 2. The number of hydrogen-bond acceptors (Lipinski definition) is 0. The summed E-state index contributed by atoms with van der Waals surface area (Å²) >= 11 is 0. The van der Waals surface area contributed by atoms with Crippen LogP contribution in [0.2, 0.25) is 0 Å². The van der Waals surface area contributed by atoms with Gasteiger partial charge in [0.1, 0.15) is 0 Å². The van der Waals surface area contributed by atoms with Crippen LogP contribution in [0.15, 0.2) is 243 Å². The van der Waals surface area contributed by atoms with E-state index in [2.05, 4.69) is 252 Å². The molecular formula is C63H40N2. The van der Waals surface area contributed by atoms with Crippen molar-refractivity contribution < 1.29 is 0 Å². The minimum absolute atomic E-state index is 0.503. The van der Waals surface area contributed by atoms with Crippen LogP contribution in [-0.4, -0.2) is 9.13 Å². The molecule has 2 heterocycles. The molecule has 0 N–H and O–H groups in total. The van der Waals surface area contributed by atoms with Crippen LogP contribution in [0.25, 0.3) is 98.8 Å². The maximum Gasteiger partial charge on any atom is 0.0713 e. The number of rotatable bonds is 5. The van der Waals surface area contributed by atoms with E-state index in [0.717, 1.165) is 0 Å². The molecule has 2 nitrogen and oxygen atoms in total. The highest BCUT2D eigenvalue weighted by molar-refractivity contribution is 6.15. The van der Waals surface area contributed by atoms with E-state index in [1.807, 2.05) is 0 Å². The molecule has 0 unspecified atom stereocenters. The average molecular weight is 825 g/mol. The highest BCUT2D eigenvalue weighted by atomic mass is 15.0. The van der Waals surface area contributed by atoms with Gasteiger partial charge in [-0.3, -0.25) is 0 Å². The lowest BCUT2D eigenvalue weighted by Gasteiger charge is -2.34. The Morgan fingerprint density at radius 3 is 1.35 bits per heavy atom. The Kier molecular flexibility index (Phi) is 7.64. The van der Waals surface area contributed by atoms with E-state index in [4.69, 9.17) is 0 Å². The minimum atomic E-state index is -0.503. The fraction of sp³-hybridized carbons (Fsp3) is 0.0159. The zero-order chi connectivity index (χ0) is 42.6. The van der Waals surface area contributed by atoms with Crippen LogP contribution in [-0.2, 0) is 5.41 Å². The van der Waals surface area contributed by atoms with Gasteiger partial charge in [0.2, 0.25) is 0 Å². The summed E-state index contributed by atoms with van der Waals surface area (Å²) in [6, 6.07) is 90.2. The molecule has 11 aromatic carbocycles. The van der Waals surface area contributed by atoms with E-state index in [1.54, 1.807) is 0 Å². The molecular weight excluding hydrogens is 785 g/mol. The largest absolute Gasteiger partial charge is 0.309 e. The fourth-order valence-electron chi connectivity index (χ4n) is 11.6. The third kappa shape index (κ3) is 5.05. The van der Waals surface area contributed by atoms with E-state index in [0.29, 0.717) is 0 Å². The average Bonchev–Trinajstić information content (AvgIpc) is 3.99. The van der Waals surface area contributed by atoms with Crippen molar-refractivity contribution in [1.29, 1.82) is 0 Å². The summed E-state index contributed by atoms with van der Waals surface area (Å²) in [6.45, 7) is 0. The predicted octanol–water partition coefficient (Wildman–Crippen LogP) is 16.2. The lowest BCUT2D eigenvalue weighted by molar-refractivity contribution is 0.769. The van der Waals surface area contributed by atoms with Crippen LogP contribution < -0.4 is 0 Å². The van der Waals surface area contributed by atoms with Gasteiger partial charge in [-0.1, -0.05) is 188 Å². The molecule has 13 aromatic rings. The van der Waals surface area contributed by atoms with Gasteiger partial charge in [-0.25, -0.2) is 0 Å². The Labute approximate surface area is 376 Å². The van der Waals surface area contributed by atoms with Gasteiger partial charge in [0.05, 0.1) is 38.9 Å². The van der Waals surface area contributed by atoms with Crippen molar-refractivity contribution in [2.24, 2.45) is 0 Å². The summed E-state index contributed by atoms with van der Waals surface area (Å²) in [4.78, 5) is 0. The van der Waals surface area contributed by atoms with Gasteiger partial charge in [-0.15, -0.1) is 0 Å². The van der Waals surface area contributed by atoms with Crippen LogP contribution in [0.4, 0.5) is 0 Å². The number of aromatic nitrogens is 2. The summed E-state index contributed by atoms with van der Waals surface area (Å²) in [5.41, 5.74) is 16.8. The molecule has 0 radical (unpaired) electrons. The van der Waals surface area contributed by atoms with Crippen molar-refractivity contribution >= 4 is 65.2 Å². The van der Waals surface area contributed by atoms with Gasteiger partial charge in [0, 0.05) is 32.3 Å². The molecule has 2 heteroatoms. The maximum atomic E-state index is 2.54. The number of fused-ring (bicyclic) bond motifs is 11. The molecule has 302 valence electrons. The molecule has 1 aliphatic carbocycles. The van der Waals surface area contributed by atoms with Crippen LogP contribution >= 0.6 is 0 Å². The zero-order valence-corrected chi connectivity index (χ0v) is 35.5. The van der Waals surface area contributed by atoms with Crippen molar-refractivity contribution in [3.63, 3.8) is 0 Å². The zero-order valence-electron chi connectivity index (χ0n) is 35.5. The lowest BCUT2D eigenvalue weighted by Crippen LogP contribution is -2.28. The van der Waals surface area contributed by atoms with Gasteiger partial charge >= 0.3 is 0 Å². The second-order valence-corrected chi connectivity index (χ2v) is 17.6. The molecule has 2 aromatic heterocycles. The first-order valence-electron chi connectivity index (χ1n) is 22.6. The fourth-order valence-corrected chi connectivity index (χ4v) is 11.6. The number of benzene rings is 11. The molecule has 0 aliphatic heterocycles. The van der Waals surface area contributed by atoms with Crippen molar-refractivity contribution in [3.05, 3.63) is 265 Å². The molecule has 0 atom stereocenters. The van der Waals surface area contributed by atoms with Gasteiger partial charge in [-0.2, -0.15) is 0 Å². The van der Waals surface area contributed by atoms with Crippen LogP contribution in [0, 0.1) is 0 Å². The third-order valence-electron chi connectivity index (χ3n) is 14.4. The molecule has 0 amide bonds. The molecule has 0 saturated carbocycles. The Bertz CT molecular complexity index is 4010. The molecule has 1 aliphatic rings. The maximum absolute atomic E-state index is 2.54. The second kappa shape index (κ2) is 13.8. The Hall–Kier alpha value is -8.46. The van der Waals surface area contributed by atoms with E-state index < -0.39 is 5.41 Å². The molecule has 65 heavy (non-hydrogen) atoms. The summed E-state index contributed by atoms with van der Waals surface area (Å²) in [5, 5.41) is 9.91. The van der Waals surface area contributed by atoms with Gasteiger partial charge < -0.3 is 9.13 Å². The normalized spacial score (nSPS) is 13.0. The smallest absolute Gasteiger partial charge is 0.0713 e. The highest BCUT2D eigenvalue weighted by Gasteiger charge is 2.46. The summed E-state index contributed by atoms with van der Waals surface area (Å²) in [5.74, 6) is 0. The topological polar surface area (TPSA) is 9.86 Å². The third-order valence-corrected chi connectivity index (χ3v) is 14.4. The molecule has 0 saturated heterocycles. The Morgan fingerprint density at radius 1 is 0.262 bits per heavy atom. The number of hydrogen-bond donors (Lipinski definition) is 0. The minimum Gasteiger partial charge on any atom is -0.309 e. The quantitative estimate of drug-likeness (QED) is 0.164. The summed E-state index contributed by atoms with van der Waals surface area (Å²) < 4.78 is 4.97. The Morgan fingerprint density at radius 2 is 0.723 bits per heavy atom. The first-order valence-corrected chi connectivity index (χ1v) is 22.6. The molecule has 0 fully saturated rings. The van der Waals surface area contributed by atoms with Crippen molar-refractivity contribution in [2.45, 2.75) is 5.41 Å². The highest BCUT2D eigenvalue weighted by Crippen LogP contribution is 2.57. The van der Waals surface area contributed by atoms with E-state index in [1.165, 1.54) is 121 Å². The number of para-hydroxylation sites is 1. The van der Waals surface area contributed by atoms with Gasteiger partial charge in [0.15, 0.2) is 0 Å².